The lowest BCUT2D eigenvalue weighted by molar-refractivity contribution is 0.0467. The number of carbonyl (C=O) groups excluding carboxylic acids is 1. The number of hydrogen-bond donors (Lipinski definition) is 1. The molecule has 0 bridgehead atoms. The molecule has 0 spiro atoms. The average Bonchev–Trinajstić information content (AvgIpc) is 2.69. The Bertz CT molecular complexity index is 865. The van der Waals surface area contributed by atoms with Gasteiger partial charge in [0.05, 0.1) is 18.0 Å². The molecule has 1 aliphatic heterocycles. The molecule has 146 valence electrons. The fourth-order valence-electron chi connectivity index (χ4n) is 3.66. The molecule has 1 aromatic heterocycles. The van der Waals surface area contributed by atoms with E-state index in [1.807, 2.05) is 19.9 Å². The van der Waals surface area contributed by atoms with Crippen LogP contribution in [0.2, 0.25) is 0 Å². The summed E-state index contributed by atoms with van der Waals surface area (Å²) in [5, 5.41) is 15.0. The van der Waals surface area contributed by atoms with E-state index in [4.69, 9.17) is 0 Å². The van der Waals surface area contributed by atoms with Crippen molar-refractivity contribution in [3.8, 4) is 0 Å². The first-order chi connectivity index (χ1) is 13.0. The number of nitrogens with zero attached hydrogens (tertiary/aromatic N) is 4. The minimum Gasteiger partial charge on any atom is -0.395 e. The normalized spacial score (nSPS) is 16.9. The van der Waals surface area contributed by atoms with Crippen LogP contribution in [0.1, 0.15) is 43.7 Å². The van der Waals surface area contributed by atoms with Crippen molar-refractivity contribution in [1.29, 1.82) is 0 Å². The van der Waals surface area contributed by atoms with Crippen molar-refractivity contribution in [2.24, 2.45) is 0 Å². The second-order valence-corrected chi connectivity index (χ2v) is 7.31. The molecular formula is C20H28N4O3. The van der Waals surface area contributed by atoms with Crippen molar-refractivity contribution >= 4 is 16.7 Å². The van der Waals surface area contributed by atoms with Gasteiger partial charge in [0.1, 0.15) is 0 Å². The lowest BCUT2D eigenvalue weighted by Gasteiger charge is -2.38. The van der Waals surface area contributed by atoms with Gasteiger partial charge < -0.3 is 10.0 Å². The molecule has 1 N–H and O–H groups in total. The molecule has 7 nitrogen and oxygen atoms in total. The molecule has 0 radical (unpaired) electrons. The lowest BCUT2D eigenvalue weighted by Crippen LogP contribution is -2.53. The first-order valence-corrected chi connectivity index (χ1v) is 9.63. The molecule has 1 atom stereocenters. The number of benzene rings is 1. The highest BCUT2D eigenvalue weighted by Gasteiger charge is 2.28. The second-order valence-electron chi connectivity index (χ2n) is 7.31. The van der Waals surface area contributed by atoms with Crippen LogP contribution in [0.15, 0.2) is 29.1 Å². The Balaban J connectivity index is 1.91. The standard InChI is InChI=1S/C20H28N4O3/c1-4-15(13-25)22-9-11-23(12-10-22)20(27)18-16-7-5-6-8-17(16)19(26)24(21-18)14(2)3/h5-8,14-15,25H,4,9-13H2,1-3H3/t15-/m1/s1. The molecule has 7 heteroatoms. The minimum absolute atomic E-state index is 0.125. The Morgan fingerprint density at radius 1 is 1.15 bits per heavy atom. The molecule has 27 heavy (non-hydrogen) atoms. The third-order valence-corrected chi connectivity index (χ3v) is 5.32. The zero-order valence-electron chi connectivity index (χ0n) is 16.3. The van der Waals surface area contributed by atoms with Crippen LogP contribution in [-0.4, -0.2) is 69.4 Å². The zero-order chi connectivity index (χ0) is 19.6. The number of hydrogen-bond acceptors (Lipinski definition) is 5. The predicted molar refractivity (Wildman–Crippen MR) is 105 cm³/mol. The van der Waals surface area contributed by atoms with E-state index in [2.05, 4.69) is 16.9 Å². The molecule has 2 aromatic rings. The largest absolute Gasteiger partial charge is 0.395 e. The Kier molecular flexibility index (Phi) is 5.92. The summed E-state index contributed by atoms with van der Waals surface area (Å²) in [6, 6.07) is 7.19. The average molecular weight is 372 g/mol. The third-order valence-electron chi connectivity index (χ3n) is 5.32. The quantitative estimate of drug-likeness (QED) is 0.861. The summed E-state index contributed by atoms with van der Waals surface area (Å²) >= 11 is 0. The summed E-state index contributed by atoms with van der Waals surface area (Å²) in [6.45, 7) is 8.60. The number of piperazine rings is 1. The van der Waals surface area contributed by atoms with Gasteiger partial charge in [-0.2, -0.15) is 5.10 Å². The summed E-state index contributed by atoms with van der Waals surface area (Å²) in [5.74, 6) is -0.141. The summed E-state index contributed by atoms with van der Waals surface area (Å²) < 4.78 is 1.39. The highest BCUT2D eigenvalue weighted by molar-refractivity contribution is 6.04. The summed E-state index contributed by atoms with van der Waals surface area (Å²) in [7, 11) is 0. The summed E-state index contributed by atoms with van der Waals surface area (Å²) in [4.78, 5) is 29.9. The number of rotatable bonds is 5. The van der Waals surface area contributed by atoms with Gasteiger partial charge in [-0.05, 0) is 26.3 Å². The zero-order valence-corrected chi connectivity index (χ0v) is 16.3. The summed E-state index contributed by atoms with van der Waals surface area (Å²) in [6.07, 6.45) is 0.885. The van der Waals surface area contributed by atoms with Gasteiger partial charge in [-0.25, -0.2) is 4.68 Å². The van der Waals surface area contributed by atoms with Crippen molar-refractivity contribution in [1.82, 2.24) is 19.6 Å². The maximum atomic E-state index is 13.2. The van der Waals surface area contributed by atoms with E-state index in [1.165, 1.54) is 4.68 Å². The van der Waals surface area contributed by atoms with Crippen LogP contribution in [0.25, 0.3) is 10.8 Å². The number of amides is 1. The fourth-order valence-corrected chi connectivity index (χ4v) is 3.66. The summed E-state index contributed by atoms with van der Waals surface area (Å²) in [5.41, 5.74) is 0.164. The Morgan fingerprint density at radius 3 is 2.33 bits per heavy atom. The van der Waals surface area contributed by atoms with E-state index >= 15 is 0 Å². The molecule has 2 heterocycles. The second kappa shape index (κ2) is 8.19. The molecule has 0 saturated carbocycles. The van der Waals surface area contributed by atoms with E-state index in [-0.39, 0.29) is 30.2 Å². The van der Waals surface area contributed by atoms with Crippen molar-refractivity contribution in [2.75, 3.05) is 32.8 Å². The van der Waals surface area contributed by atoms with Crippen LogP contribution < -0.4 is 5.56 Å². The van der Waals surface area contributed by atoms with E-state index in [0.29, 0.717) is 29.6 Å². The van der Waals surface area contributed by atoms with Gasteiger partial charge in [0, 0.05) is 37.6 Å². The smallest absolute Gasteiger partial charge is 0.275 e. The van der Waals surface area contributed by atoms with Gasteiger partial charge in [-0.15, -0.1) is 0 Å². The van der Waals surface area contributed by atoms with Crippen LogP contribution >= 0.6 is 0 Å². The van der Waals surface area contributed by atoms with Gasteiger partial charge in [-0.1, -0.05) is 25.1 Å². The topological polar surface area (TPSA) is 78.7 Å². The first kappa shape index (κ1) is 19.5. The Labute approximate surface area is 159 Å². The number of carbonyl (C=O) groups is 1. The molecule has 1 aromatic carbocycles. The number of fused-ring (bicyclic) bond motifs is 1. The van der Waals surface area contributed by atoms with Crippen LogP contribution in [0.5, 0.6) is 0 Å². The molecule has 1 amide bonds. The Morgan fingerprint density at radius 2 is 1.78 bits per heavy atom. The van der Waals surface area contributed by atoms with Crippen LogP contribution in [0, 0.1) is 0 Å². The van der Waals surface area contributed by atoms with Gasteiger partial charge in [0.2, 0.25) is 0 Å². The van der Waals surface area contributed by atoms with E-state index < -0.39 is 0 Å². The molecule has 3 rings (SSSR count). The van der Waals surface area contributed by atoms with E-state index in [0.717, 1.165) is 19.5 Å². The van der Waals surface area contributed by atoms with Crippen molar-refractivity contribution < 1.29 is 9.90 Å². The highest BCUT2D eigenvalue weighted by atomic mass is 16.3. The van der Waals surface area contributed by atoms with Crippen molar-refractivity contribution in [2.45, 2.75) is 39.3 Å². The van der Waals surface area contributed by atoms with Crippen LogP contribution in [0.4, 0.5) is 0 Å². The number of aliphatic hydroxyl groups excluding tert-OH is 1. The highest BCUT2D eigenvalue weighted by Crippen LogP contribution is 2.18. The van der Waals surface area contributed by atoms with Gasteiger partial charge >= 0.3 is 0 Å². The van der Waals surface area contributed by atoms with E-state index in [9.17, 15) is 14.7 Å². The predicted octanol–water partition coefficient (Wildman–Crippen LogP) is 1.51. The van der Waals surface area contributed by atoms with Gasteiger partial charge in [0.15, 0.2) is 5.69 Å². The molecular weight excluding hydrogens is 344 g/mol. The Hall–Kier alpha value is -2.25. The van der Waals surface area contributed by atoms with Gasteiger partial charge in [0.25, 0.3) is 11.5 Å². The third kappa shape index (κ3) is 3.75. The molecule has 1 aliphatic rings. The molecule has 1 fully saturated rings. The van der Waals surface area contributed by atoms with Crippen molar-refractivity contribution in [3.63, 3.8) is 0 Å². The monoisotopic (exact) mass is 372 g/mol. The number of aromatic nitrogens is 2. The molecule has 1 saturated heterocycles. The van der Waals surface area contributed by atoms with E-state index in [1.54, 1.807) is 23.1 Å². The fraction of sp³-hybridized carbons (Fsp3) is 0.550. The SMILES string of the molecule is CC[C@H](CO)N1CCN(C(=O)c2nn(C(C)C)c(=O)c3ccccc23)CC1. The lowest BCUT2D eigenvalue weighted by atomic mass is 10.1. The minimum atomic E-state index is -0.171. The van der Waals surface area contributed by atoms with Gasteiger partial charge in [-0.3, -0.25) is 14.5 Å². The number of aliphatic hydroxyl groups is 1. The van der Waals surface area contributed by atoms with Crippen LogP contribution in [-0.2, 0) is 0 Å². The maximum absolute atomic E-state index is 13.2. The van der Waals surface area contributed by atoms with Crippen LogP contribution in [0.3, 0.4) is 0 Å². The molecule has 0 unspecified atom stereocenters. The maximum Gasteiger partial charge on any atom is 0.275 e. The molecule has 0 aliphatic carbocycles. The first-order valence-electron chi connectivity index (χ1n) is 9.63. The van der Waals surface area contributed by atoms with Crippen molar-refractivity contribution in [3.05, 3.63) is 40.3 Å².